The molecule has 26 heavy (non-hydrogen) atoms. The molecule has 0 N–H and O–H groups in total. The zero-order valence-electron chi connectivity index (χ0n) is 15.1. The Labute approximate surface area is 153 Å². The number of aryl methyl sites for hydroxylation is 1. The van der Waals surface area contributed by atoms with E-state index in [0.717, 1.165) is 29.7 Å². The number of rotatable bonds is 6. The van der Waals surface area contributed by atoms with Gasteiger partial charge in [0, 0.05) is 17.2 Å². The molecule has 0 spiro atoms. The van der Waals surface area contributed by atoms with E-state index in [0.29, 0.717) is 12.1 Å². The summed E-state index contributed by atoms with van der Waals surface area (Å²) in [5.74, 6) is 0.00801. The summed E-state index contributed by atoms with van der Waals surface area (Å²) < 4.78 is 1.45. The molecule has 1 heterocycles. The summed E-state index contributed by atoms with van der Waals surface area (Å²) in [5, 5.41) is 4.53. The van der Waals surface area contributed by atoms with Gasteiger partial charge in [-0.25, -0.2) is 4.68 Å². The SMILES string of the molecule is CCCc1cccc(-c2ccc(=O)n(Cc3cccc(C(C)=O)c3)n2)c1. The number of carbonyl (C=O) groups excluding carboxylic acids is 1. The number of hydrogen-bond acceptors (Lipinski definition) is 3. The highest BCUT2D eigenvalue weighted by Gasteiger charge is 2.07. The number of aromatic nitrogens is 2. The Balaban J connectivity index is 1.93. The van der Waals surface area contributed by atoms with Crippen LogP contribution >= 0.6 is 0 Å². The summed E-state index contributed by atoms with van der Waals surface area (Å²) >= 11 is 0. The van der Waals surface area contributed by atoms with Crippen LogP contribution in [0, 0.1) is 0 Å². The maximum absolute atomic E-state index is 12.2. The Morgan fingerprint density at radius 1 is 1.00 bits per heavy atom. The zero-order valence-corrected chi connectivity index (χ0v) is 15.1. The van der Waals surface area contributed by atoms with Crippen molar-refractivity contribution in [1.82, 2.24) is 9.78 Å². The molecule has 0 radical (unpaired) electrons. The highest BCUT2D eigenvalue weighted by molar-refractivity contribution is 5.94. The van der Waals surface area contributed by atoms with Crippen molar-refractivity contribution in [2.75, 3.05) is 0 Å². The normalized spacial score (nSPS) is 10.7. The average Bonchev–Trinajstić information content (AvgIpc) is 2.64. The molecule has 0 bridgehead atoms. The van der Waals surface area contributed by atoms with Crippen LogP contribution in [0.1, 0.15) is 41.8 Å². The molecule has 0 saturated carbocycles. The minimum Gasteiger partial charge on any atom is -0.295 e. The van der Waals surface area contributed by atoms with Gasteiger partial charge in [0.05, 0.1) is 12.2 Å². The first-order valence-corrected chi connectivity index (χ1v) is 8.84. The fourth-order valence-corrected chi connectivity index (χ4v) is 2.95. The average molecular weight is 346 g/mol. The Morgan fingerprint density at radius 2 is 1.77 bits per heavy atom. The van der Waals surface area contributed by atoms with Crippen LogP contribution in [0.25, 0.3) is 11.3 Å². The molecule has 132 valence electrons. The molecule has 3 aromatic rings. The third-order valence-corrected chi connectivity index (χ3v) is 4.29. The molecular formula is C22H22N2O2. The second kappa shape index (κ2) is 7.91. The lowest BCUT2D eigenvalue weighted by atomic mass is 10.0. The van der Waals surface area contributed by atoms with E-state index in [4.69, 9.17) is 0 Å². The number of hydrogen-bond donors (Lipinski definition) is 0. The Hall–Kier alpha value is -3.01. The molecular weight excluding hydrogens is 324 g/mol. The maximum Gasteiger partial charge on any atom is 0.267 e. The highest BCUT2D eigenvalue weighted by Crippen LogP contribution is 2.18. The smallest absolute Gasteiger partial charge is 0.267 e. The van der Waals surface area contributed by atoms with Crippen molar-refractivity contribution in [3.63, 3.8) is 0 Å². The van der Waals surface area contributed by atoms with Crippen LogP contribution in [0.3, 0.4) is 0 Å². The van der Waals surface area contributed by atoms with Gasteiger partial charge in [-0.3, -0.25) is 9.59 Å². The van der Waals surface area contributed by atoms with E-state index < -0.39 is 0 Å². The first kappa shape index (κ1) is 17.8. The number of carbonyl (C=O) groups is 1. The van der Waals surface area contributed by atoms with Crippen LogP contribution in [0.4, 0.5) is 0 Å². The van der Waals surface area contributed by atoms with E-state index >= 15 is 0 Å². The predicted octanol–water partition coefficient (Wildman–Crippen LogP) is 4.11. The summed E-state index contributed by atoms with van der Waals surface area (Å²) in [6.07, 6.45) is 2.11. The third-order valence-electron chi connectivity index (χ3n) is 4.29. The van der Waals surface area contributed by atoms with Gasteiger partial charge in [-0.1, -0.05) is 49.7 Å². The molecule has 4 nitrogen and oxygen atoms in total. The quantitative estimate of drug-likeness (QED) is 0.631. The van der Waals surface area contributed by atoms with Crippen molar-refractivity contribution in [2.24, 2.45) is 0 Å². The van der Waals surface area contributed by atoms with Gasteiger partial charge in [0.2, 0.25) is 0 Å². The molecule has 1 aromatic heterocycles. The van der Waals surface area contributed by atoms with E-state index in [2.05, 4.69) is 24.2 Å². The van der Waals surface area contributed by atoms with Crippen molar-refractivity contribution in [1.29, 1.82) is 0 Å². The van der Waals surface area contributed by atoms with Gasteiger partial charge in [0.15, 0.2) is 5.78 Å². The summed E-state index contributed by atoms with van der Waals surface area (Å²) in [6, 6.07) is 18.9. The Bertz CT molecular complexity index is 989. The summed E-state index contributed by atoms with van der Waals surface area (Å²) in [6.45, 7) is 4.02. The number of nitrogens with zero attached hydrogens (tertiary/aromatic N) is 2. The molecule has 3 rings (SSSR count). The topological polar surface area (TPSA) is 52.0 Å². The lowest BCUT2D eigenvalue weighted by Gasteiger charge is -2.09. The molecule has 0 aliphatic rings. The second-order valence-electron chi connectivity index (χ2n) is 6.42. The van der Waals surface area contributed by atoms with Gasteiger partial charge in [0.25, 0.3) is 5.56 Å². The van der Waals surface area contributed by atoms with E-state index in [-0.39, 0.29) is 11.3 Å². The molecule has 0 aliphatic carbocycles. The molecule has 0 saturated heterocycles. The fourth-order valence-electron chi connectivity index (χ4n) is 2.95. The van der Waals surface area contributed by atoms with Crippen LogP contribution in [0.5, 0.6) is 0 Å². The zero-order chi connectivity index (χ0) is 18.5. The van der Waals surface area contributed by atoms with Crippen molar-refractivity contribution in [2.45, 2.75) is 33.2 Å². The van der Waals surface area contributed by atoms with Gasteiger partial charge in [0.1, 0.15) is 0 Å². The van der Waals surface area contributed by atoms with Crippen molar-refractivity contribution in [3.05, 3.63) is 87.7 Å². The molecule has 0 unspecified atom stereocenters. The predicted molar refractivity (Wildman–Crippen MR) is 103 cm³/mol. The first-order valence-electron chi connectivity index (χ1n) is 8.84. The van der Waals surface area contributed by atoms with Gasteiger partial charge >= 0.3 is 0 Å². The van der Waals surface area contributed by atoms with Crippen LogP contribution in [-0.2, 0) is 13.0 Å². The maximum atomic E-state index is 12.2. The molecule has 0 fully saturated rings. The second-order valence-corrected chi connectivity index (χ2v) is 6.42. The highest BCUT2D eigenvalue weighted by atomic mass is 16.1. The van der Waals surface area contributed by atoms with E-state index in [1.807, 2.05) is 30.3 Å². The molecule has 4 heteroatoms. The summed E-state index contributed by atoms with van der Waals surface area (Å²) in [4.78, 5) is 23.8. The minimum absolute atomic E-state index is 0.00801. The monoisotopic (exact) mass is 346 g/mol. The molecule has 0 aliphatic heterocycles. The number of ketones is 1. The standard InChI is InChI=1S/C22H22N2O2/c1-3-6-17-7-4-10-20(13-17)21-11-12-22(26)24(23-21)15-18-8-5-9-19(14-18)16(2)25/h4-5,7-14H,3,6,15H2,1-2H3. The van der Waals surface area contributed by atoms with Crippen molar-refractivity contribution in [3.8, 4) is 11.3 Å². The third kappa shape index (κ3) is 4.14. The van der Waals surface area contributed by atoms with Crippen LogP contribution in [0.2, 0.25) is 0 Å². The van der Waals surface area contributed by atoms with E-state index in [9.17, 15) is 9.59 Å². The Morgan fingerprint density at radius 3 is 2.54 bits per heavy atom. The summed E-state index contributed by atoms with van der Waals surface area (Å²) in [5.41, 5.74) is 4.39. The fraction of sp³-hybridized carbons (Fsp3) is 0.227. The lowest BCUT2D eigenvalue weighted by molar-refractivity contribution is 0.101. The molecule has 2 aromatic carbocycles. The number of Topliss-reactive ketones (excluding diaryl/α,β-unsaturated/α-hetero) is 1. The van der Waals surface area contributed by atoms with Gasteiger partial charge in [-0.2, -0.15) is 5.10 Å². The largest absolute Gasteiger partial charge is 0.295 e. The number of benzene rings is 2. The summed E-state index contributed by atoms with van der Waals surface area (Å²) in [7, 11) is 0. The molecule has 0 amide bonds. The van der Waals surface area contributed by atoms with Crippen LogP contribution in [0.15, 0.2) is 65.5 Å². The first-order chi connectivity index (χ1) is 12.6. The van der Waals surface area contributed by atoms with Gasteiger partial charge in [-0.05, 0) is 42.7 Å². The van der Waals surface area contributed by atoms with Crippen LogP contribution < -0.4 is 5.56 Å². The minimum atomic E-state index is -0.160. The molecule has 0 atom stereocenters. The van der Waals surface area contributed by atoms with Crippen molar-refractivity contribution >= 4 is 5.78 Å². The van der Waals surface area contributed by atoms with E-state index in [1.165, 1.54) is 17.2 Å². The van der Waals surface area contributed by atoms with Crippen LogP contribution in [-0.4, -0.2) is 15.6 Å². The Kier molecular flexibility index (Phi) is 5.42. The lowest BCUT2D eigenvalue weighted by Crippen LogP contribution is -2.23. The van der Waals surface area contributed by atoms with Crippen molar-refractivity contribution < 1.29 is 4.79 Å². The van der Waals surface area contributed by atoms with E-state index in [1.54, 1.807) is 18.2 Å². The van der Waals surface area contributed by atoms with Gasteiger partial charge < -0.3 is 0 Å². The van der Waals surface area contributed by atoms with Gasteiger partial charge in [-0.15, -0.1) is 0 Å².